The molecule has 0 spiro atoms. The Kier molecular flexibility index (Phi) is 4.88. The number of hydrogen-bond acceptors (Lipinski definition) is 3. The molecule has 0 aromatic heterocycles. The molecular weight excluding hydrogens is 254 g/mol. The summed E-state index contributed by atoms with van der Waals surface area (Å²) in [7, 11) is 0. The van der Waals surface area contributed by atoms with E-state index in [1.165, 1.54) is 10.5 Å². The molecule has 0 N–H and O–H groups in total. The molecule has 0 atom stereocenters. The van der Waals surface area contributed by atoms with Gasteiger partial charge in [-0.3, -0.25) is 0 Å². The van der Waals surface area contributed by atoms with Crippen molar-refractivity contribution in [3.8, 4) is 11.8 Å². The summed E-state index contributed by atoms with van der Waals surface area (Å²) < 4.78 is 5.64. The van der Waals surface area contributed by atoms with Crippen molar-refractivity contribution in [3.05, 3.63) is 59.7 Å². The quantitative estimate of drug-likeness (QED) is 0.606. The van der Waals surface area contributed by atoms with Crippen molar-refractivity contribution in [1.82, 2.24) is 0 Å². The van der Waals surface area contributed by atoms with Gasteiger partial charge in [-0.25, -0.2) is 0 Å². The second-order valence-corrected chi connectivity index (χ2v) is 5.24. The van der Waals surface area contributed by atoms with Crippen LogP contribution in [0.3, 0.4) is 0 Å². The largest absolute Gasteiger partial charge is 0.493 e. The Bertz CT molecular complexity index is 572. The number of nitrogens with zero attached hydrogens (tertiary/aromatic N) is 1. The molecule has 0 radical (unpaired) electrons. The second-order valence-electron chi connectivity index (χ2n) is 4.10. The van der Waals surface area contributed by atoms with Crippen LogP contribution in [0.4, 0.5) is 0 Å². The van der Waals surface area contributed by atoms with Crippen LogP contribution in [0.25, 0.3) is 0 Å². The van der Waals surface area contributed by atoms with E-state index in [1.807, 2.05) is 18.2 Å². The van der Waals surface area contributed by atoms with Crippen molar-refractivity contribution in [2.75, 3.05) is 12.4 Å². The van der Waals surface area contributed by atoms with Crippen molar-refractivity contribution in [1.29, 1.82) is 5.26 Å². The van der Waals surface area contributed by atoms with E-state index in [-0.39, 0.29) is 0 Å². The molecule has 2 rings (SSSR count). The summed E-state index contributed by atoms with van der Waals surface area (Å²) in [4.78, 5) is 1.30. The molecule has 0 fully saturated rings. The molecule has 0 saturated carbocycles. The average molecular weight is 269 g/mol. The Morgan fingerprint density at radius 2 is 1.84 bits per heavy atom. The van der Waals surface area contributed by atoms with Gasteiger partial charge in [0.2, 0.25) is 0 Å². The van der Waals surface area contributed by atoms with Crippen LogP contribution in [-0.2, 0) is 0 Å². The van der Waals surface area contributed by atoms with Crippen molar-refractivity contribution in [2.24, 2.45) is 0 Å². The normalized spacial score (nSPS) is 9.89. The molecule has 0 saturated heterocycles. The first kappa shape index (κ1) is 13.5. The number of thioether (sulfide) groups is 1. The Hall–Kier alpha value is -1.92. The SMILES string of the molecule is Cc1ccccc1SCCOc1ccc(C#N)cc1. The molecule has 0 aliphatic heterocycles. The van der Waals surface area contributed by atoms with Crippen LogP contribution in [-0.4, -0.2) is 12.4 Å². The van der Waals surface area contributed by atoms with Crippen LogP contribution in [0.2, 0.25) is 0 Å². The minimum absolute atomic E-state index is 0.654. The molecule has 0 heterocycles. The first-order valence-corrected chi connectivity index (χ1v) is 7.09. The van der Waals surface area contributed by atoms with Crippen molar-refractivity contribution in [2.45, 2.75) is 11.8 Å². The zero-order valence-corrected chi connectivity index (χ0v) is 11.6. The van der Waals surface area contributed by atoms with Crippen LogP contribution in [0.5, 0.6) is 5.75 Å². The van der Waals surface area contributed by atoms with E-state index in [0.717, 1.165) is 11.5 Å². The van der Waals surface area contributed by atoms with Gasteiger partial charge in [0.1, 0.15) is 5.75 Å². The lowest BCUT2D eigenvalue weighted by Gasteiger charge is -2.07. The number of ether oxygens (including phenoxy) is 1. The number of rotatable bonds is 5. The highest BCUT2D eigenvalue weighted by Gasteiger charge is 1.99. The van der Waals surface area contributed by atoms with Crippen molar-refractivity contribution < 1.29 is 4.74 Å². The van der Waals surface area contributed by atoms with Gasteiger partial charge in [-0.1, -0.05) is 18.2 Å². The summed E-state index contributed by atoms with van der Waals surface area (Å²) in [6, 6.07) is 17.6. The predicted octanol–water partition coefficient (Wildman–Crippen LogP) is 4.04. The molecule has 2 aromatic carbocycles. The maximum atomic E-state index is 8.70. The average Bonchev–Trinajstić information content (AvgIpc) is 2.46. The summed E-state index contributed by atoms with van der Waals surface area (Å²) >= 11 is 1.80. The number of nitriles is 1. The third-order valence-corrected chi connectivity index (χ3v) is 3.83. The zero-order chi connectivity index (χ0) is 13.5. The molecule has 2 nitrogen and oxygen atoms in total. The van der Waals surface area contributed by atoms with Gasteiger partial charge in [-0.2, -0.15) is 5.26 Å². The molecule has 96 valence electrons. The summed E-state index contributed by atoms with van der Waals surface area (Å²) in [6.45, 7) is 2.77. The summed E-state index contributed by atoms with van der Waals surface area (Å²) in [5.74, 6) is 1.72. The van der Waals surface area contributed by atoms with Gasteiger partial charge in [-0.15, -0.1) is 11.8 Å². The molecule has 3 heteroatoms. The van der Waals surface area contributed by atoms with Gasteiger partial charge in [-0.05, 0) is 42.8 Å². The molecule has 0 amide bonds. The topological polar surface area (TPSA) is 33.0 Å². The van der Waals surface area contributed by atoms with Crippen LogP contribution in [0.15, 0.2) is 53.4 Å². The smallest absolute Gasteiger partial charge is 0.119 e. The Labute approximate surface area is 118 Å². The van der Waals surface area contributed by atoms with Gasteiger partial charge in [0.15, 0.2) is 0 Å². The molecular formula is C16H15NOS. The van der Waals surface area contributed by atoms with Gasteiger partial charge in [0.25, 0.3) is 0 Å². The van der Waals surface area contributed by atoms with Crippen molar-refractivity contribution >= 4 is 11.8 Å². The molecule has 0 unspecified atom stereocenters. The fraction of sp³-hybridized carbons (Fsp3) is 0.188. The predicted molar refractivity (Wildman–Crippen MR) is 78.6 cm³/mol. The zero-order valence-electron chi connectivity index (χ0n) is 10.8. The minimum atomic E-state index is 0.654. The fourth-order valence-electron chi connectivity index (χ4n) is 1.66. The molecule has 0 aliphatic rings. The Morgan fingerprint density at radius 3 is 2.53 bits per heavy atom. The Morgan fingerprint density at radius 1 is 1.11 bits per heavy atom. The highest BCUT2D eigenvalue weighted by molar-refractivity contribution is 7.99. The number of hydrogen-bond donors (Lipinski definition) is 0. The summed E-state index contributed by atoms with van der Waals surface area (Å²) in [6.07, 6.45) is 0. The first-order chi connectivity index (χ1) is 9.29. The van der Waals surface area contributed by atoms with Crippen LogP contribution < -0.4 is 4.74 Å². The summed E-state index contributed by atoms with van der Waals surface area (Å²) in [5.41, 5.74) is 1.95. The van der Waals surface area contributed by atoms with E-state index in [2.05, 4.69) is 31.2 Å². The fourth-order valence-corrected chi connectivity index (χ4v) is 2.51. The highest BCUT2D eigenvalue weighted by atomic mass is 32.2. The van der Waals surface area contributed by atoms with E-state index >= 15 is 0 Å². The molecule has 2 aromatic rings. The molecule has 19 heavy (non-hydrogen) atoms. The van der Waals surface area contributed by atoms with Gasteiger partial charge in [0.05, 0.1) is 18.2 Å². The highest BCUT2D eigenvalue weighted by Crippen LogP contribution is 2.21. The van der Waals surface area contributed by atoms with Crippen LogP contribution in [0.1, 0.15) is 11.1 Å². The maximum Gasteiger partial charge on any atom is 0.119 e. The minimum Gasteiger partial charge on any atom is -0.493 e. The van der Waals surface area contributed by atoms with E-state index in [9.17, 15) is 0 Å². The van der Waals surface area contributed by atoms with Gasteiger partial charge < -0.3 is 4.74 Å². The first-order valence-electron chi connectivity index (χ1n) is 6.11. The summed E-state index contributed by atoms with van der Waals surface area (Å²) in [5, 5.41) is 8.70. The molecule has 0 bridgehead atoms. The lowest BCUT2D eigenvalue weighted by atomic mass is 10.2. The van der Waals surface area contributed by atoms with Gasteiger partial charge in [0, 0.05) is 10.6 Å². The number of benzene rings is 2. The lowest BCUT2D eigenvalue weighted by molar-refractivity contribution is 0.344. The van der Waals surface area contributed by atoms with E-state index in [4.69, 9.17) is 10.00 Å². The van der Waals surface area contributed by atoms with E-state index in [0.29, 0.717) is 12.2 Å². The standard InChI is InChI=1S/C16H15NOS/c1-13-4-2-3-5-16(13)19-11-10-18-15-8-6-14(12-17)7-9-15/h2-9H,10-11H2,1H3. The lowest BCUT2D eigenvalue weighted by Crippen LogP contribution is -2.00. The van der Waals surface area contributed by atoms with E-state index < -0.39 is 0 Å². The van der Waals surface area contributed by atoms with Crippen LogP contribution in [0, 0.1) is 18.3 Å². The van der Waals surface area contributed by atoms with Gasteiger partial charge >= 0.3 is 0 Å². The third-order valence-electron chi connectivity index (χ3n) is 2.69. The molecule has 0 aliphatic carbocycles. The monoisotopic (exact) mass is 269 g/mol. The van der Waals surface area contributed by atoms with Crippen molar-refractivity contribution in [3.63, 3.8) is 0 Å². The maximum absolute atomic E-state index is 8.70. The van der Waals surface area contributed by atoms with Crippen LogP contribution >= 0.6 is 11.8 Å². The third kappa shape index (κ3) is 4.04. The van der Waals surface area contributed by atoms with E-state index in [1.54, 1.807) is 23.9 Å². The second kappa shape index (κ2) is 6.86. The number of aryl methyl sites for hydroxylation is 1. The Balaban J connectivity index is 1.78.